The van der Waals surface area contributed by atoms with Crippen LogP contribution in [0.3, 0.4) is 0 Å². The predicted molar refractivity (Wildman–Crippen MR) is 118 cm³/mol. The summed E-state index contributed by atoms with van der Waals surface area (Å²) in [5, 5.41) is 4.25. The molecule has 0 radical (unpaired) electrons. The molecule has 0 aliphatic heterocycles. The molecule has 32 heavy (non-hydrogen) atoms. The fourth-order valence-electron chi connectivity index (χ4n) is 2.70. The Morgan fingerprint density at radius 2 is 1.72 bits per heavy atom. The molecule has 166 valence electrons. The van der Waals surface area contributed by atoms with Crippen LogP contribution in [0.25, 0.3) is 0 Å². The van der Waals surface area contributed by atoms with E-state index in [2.05, 4.69) is 10.5 Å². The van der Waals surface area contributed by atoms with E-state index >= 15 is 0 Å². The van der Waals surface area contributed by atoms with Gasteiger partial charge in [-0.2, -0.15) is 18.3 Å². The fraction of sp³-hybridized carbons (Fsp3) is 0.130. The summed E-state index contributed by atoms with van der Waals surface area (Å²) >= 11 is 12.5. The Balaban J connectivity index is 1.65. The molecule has 3 aromatic rings. The number of nitrogens with one attached hydrogen (secondary N) is 1. The first kappa shape index (κ1) is 23.6. The molecular formula is C23H17Cl2F3N2O2. The number of hydrazone groups is 1. The molecule has 0 saturated carbocycles. The van der Waals surface area contributed by atoms with E-state index in [1.165, 1.54) is 24.4 Å². The highest BCUT2D eigenvalue weighted by Crippen LogP contribution is 2.34. The highest BCUT2D eigenvalue weighted by Gasteiger charge is 2.30. The number of amides is 1. The largest absolute Gasteiger partial charge is 0.486 e. The molecule has 0 aromatic heterocycles. The van der Waals surface area contributed by atoms with Crippen LogP contribution in [-0.4, -0.2) is 12.1 Å². The van der Waals surface area contributed by atoms with Crippen LogP contribution < -0.4 is 10.2 Å². The van der Waals surface area contributed by atoms with Crippen LogP contribution in [0.1, 0.15) is 32.6 Å². The molecule has 0 bridgehead atoms. The minimum Gasteiger partial charge on any atom is -0.486 e. The lowest BCUT2D eigenvalue weighted by Crippen LogP contribution is -2.18. The Morgan fingerprint density at radius 3 is 2.34 bits per heavy atom. The van der Waals surface area contributed by atoms with Gasteiger partial charge in [0, 0.05) is 5.56 Å². The molecular weight excluding hydrogens is 464 g/mol. The third-order valence-corrected chi connectivity index (χ3v) is 4.92. The quantitative estimate of drug-likeness (QED) is 0.316. The Kier molecular flexibility index (Phi) is 7.43. The predicted octanol–water partition coefficient (Wildman–Crippen LogP) is 6.66. The number of carbonyl (C=O) groups is 1. The molecule has 9 heteroatoms. The van der Waals surface area contributed by atoms with Crippen LogP contribution in [0, 0.1) is 6.92 Å². The molecule has 0 unspecified atom stereocenters. The number of aryl methyl sites for hydroxylation is 1. The van der Waals surface area contributed by atoms with Crippen molar-refractivity contribution in [3.05, 3.63) is 98.5 Å². The zero-order chi connectivity index (χ0) is 23.3. The van der Waals surface area contributed by atoms with E-state index in [1.807, 2.05) is 31.2 Å². The summed E-state index contributed by atoms with van der Waals surface area (Å²) in [6, 6.07) is 14.9. The molecule has 3 aromatic carbocycles. The van der Waals surface area contributed by atoms with Crippen molar-refractivity contribution >= 4 is 35.3 Å². The lowest BCUT2D eigenvalue weighted by Gasteiger charge is -2.11. The van der Waals surface area contributed by atoms with Gasteiger partial charge in [0.05, 0.1) is 21.8 Å². The summed E-state index contributed by atoms with van der Waals surface area (Å²) in [5.74, 6) is -0.485. The van der Waals surface area contributed by atoms with Gasteiger partial charge < -0.3 is 4.74 Å². The van der Waals surface area contributed by atoms with Gasteiger partial charge in [-0.25, -0.2) is 5.43 Å². The Labute approximate surface area is 192 Å². The number of halogens is 5. The zero-order valence-corrected chi connectivity index (χ0v) is 18.2. The summed E-state index contributed by atoms with van der Waals surface area (Å²) in [6.07, 6.45) is -3.27. The van der Waals surface area contributed by atoms with E-state index in [-0.39, 0.29) is 22.2 Å². The molecule has 3 rings (SSSR count). The van der Waals surface area contributed by atoms with Crippen LogP contribution in [0.15, 0.2) is 65.8 Å². The molecule has 1 amide bonds. The topological polar surface area (TPSA) is 50.7 Å². The van der Waals surface area contributed by atoms with Crippen LogP contribution in [0.5, 0.6) is 5.75 Å². The number of rotatable bonds is 6. The van der Waals surface area contributed by atoms with Gasteiger partial charge >= 0.3 is 6.18 Å². The summed E-state index contributed by atoms with van der Waals surface area (Å²) in [4.78, 5) is 12.1. The lowest BCUT2D eigenvalue weighted by atomic mass is 10.1. The normalized spacial score (nSPS) is 11.6. The first-order valence-electron chi connectivity index (χ1n) is 9.31. The molecule has 4 nitrogen and oxygen atoms in total. The number of carbonyl (C=O) groups excluding carboxylic acids is 1. The van der Waals surface area contributed by atoms with Gasteiger partial charge in [0.15, 0.2) is 5.75 Å². The van der Waals surface area contributed by atoms with Crippen LogP contribution in [-0.2, 0) is 12.8 Å². The Bertz CT molecular complexity index is 1120. The number of ether oxygens (including phenoxy) is 1. The highest BCUT2D eigenvalue weighted by molar-refractivity contribution is 6.37. The zero-order valence-electron chi connectivity index (χ0n) is 16.7. The number of hydrogen-bond acceptors (Lipinski definition) is 3. The van der Waals surface area contributed by atoms with Crippen molar-refractivity contribution in [1.82, 2.24) is 5.43 Å². The maximum absolute atomic E-state index is 12.8. The van der Waals surface area contributed by atoms with Gasteiger partial charge in [0.1, 0.15) is 6.61 Å². The van der Waals surface area contributed by atoms with Crippen LogP contribution in [0.2, 0.25) is 10.0 Å². The average Bonchev–Trinajstić information content (AvgIpc) is 2.74. The van der Waals surface area contributed by atoms with E-state index in [1.54, 1.807) is 0 Å². The van der Waals surface area contributed by atoms with Crippen molar-refractivity contribution < 1.29 is 22.7 Å². The molecule has 0 aliphatic rings. The Hall–Kier alpha value is -3.03. The molecule has 0 aliphatic carbocycles. The van der Waals surface area contributed by atoms with Gasteiger partial charge in [-0.05, 0) is 48.4 Å². The van der Waals surface area contributed by atoms with Gasteiger partial charge in [-0.15, -0.1) is 0 Å². The van der Waals surface area contributed by atoms with Crippen molar-refractivity contribution in [2.75, 3.05) is 0 Å². The molecule has 0 fully saturated rings. The number of alkyl halides is 3. The van der Waals surface area contributed by atoms with Gasteiger partial charge in [0.2, 0.25) is 0 Å². The van der Waals surface area contributed by atoms with Crippen molar-refractivity contribution in [3.8, 4) is 5.75 Å². The SMILES string of the molecule is Cc1ccc(COc2c(Cl)cc(/C=N\NC(=O)c3cccc(C(F)(F)F)c3)cc2Cl)cc1. The highest BCUT2D eigenvalue weighted by atomic mass is 35.5. The van der Waals surface area contributed by atoms with Crippen LogP contribution in [0.4, 0.5) is 13.2 Å². The molecule has 0 atom stereocenters. The average molecular weight is 481 g/mol. The number of hydrogen-bond donors (Lipinski definition) is 1. The van der Waals surface area contributed by atoms with E-state index in [0.29, 0.717) is 11.3 Å². The maximum atomic E-state index is 12.8. The number of benzene rings is 3. The summed E-state index contributed by atoms with van der Waals surface area (Å²) < 4.78 is 44.1. The molecule has 0 saturated heterocycles. The third kappa shape index (κ3) is 6.24. The lowest BCUT2D eigenvalue weighted by molar-refractivity contribution is -0.137. The molecule has 1 N–H and O–H groups in total. The van der Waals surface area contributed by atoms with Gasteiger partial charge in [0.25, 0.3) is 5.91 Å². The van der Waals surface area contributed by atoms with Gasteiger partial charge in [-0.3, -0.25) is 4.79 Å². The second-order valence-electron chi connectivity index (χ2n) is 6.87. The van der Waals surface area contributed by atoms with E-state index in [0.717, 1.165) is 29.3 Å². The van der Waals surface area contributed by atoms with E-state index in [9.17, 15) is 18.0 Å². The van der Waals surface area contributed by atoms with E-state index < -0.39 is 17.6 Å². The summed E-state index contributed by atoms with van der Waals surface area (Å²) in [6.45, 7) is 2.26. The molecule has 0 spiro atoms. The van der Waals surface area contributed by atoms with Crippen LogP contribution >= 0.6 is 23.2 Å². The monoisotopic (exact) mass is 480 g/mol. The van der Waals surface area contributed by atoms with Crippen molar-refractivity contribution in [2.24, 2.45) is 5.10 Å². The first-order chi connectivity index (χ1) is 15.1. The summed E-state index contributed by atoms with van der Waals surface area (Å²) in [5.41, 5.74) is 3.63. The van der Waals surface area contributed by atoms with Crippen molar-refractivity contribution in [1.29, 1.82) is 0 Å². The summed E-state index contributed by atoms with van der Waals surface area (Å²) in [7, 11) is 0. The minimum atomic E-state index is -4.55. The maximum Gasteiger partial charge on any atom is 0.416 e. The van der Waals surface area contributed by atoms with E-state index in [4.69, 9.17) is 27.9 Å². The second kappa shape index (κ2) is 10.1. The third-order valence-electron chi connectivity index (χ3n) is 4.36. The second-order valence-corrected chi connectivity index (χ2v) is 7.68. The standard InChI is InChI=1S/C23H17Cl2F3N2O2/c1-14-5-7-15(8-6-14)13-32-21-19(24)9-16(10-20(21)25)12-29-30-22(31)17-3-2-4-18(11-17)23(26,27)28/h2-12H,13H2,1H3,(H,30,31)/b29-12-. The molecule has 0 heterocycles. The fourth-order valence-corrected chi connectivity index (χ4v) is 3.31. The minimum absolute atomic E-state index is 0.173. The Morgan fingerprint density at radius 1 is 1.06 bits per heavy atom. The number of nitrogens with zero attached hydrogens (tertiary/aromatic N) is 1. The van der Waals surface area contributed by atoms with Crippen molar-refractivity contribution in [3.63, 3.8) is 0 Å². The smallest absolute Gasteiger partial charge is 0.416 e. The first-order valence-corrected chi connectivity index (χ1v) is 10.1. The van der Waals surface area contributed by atoms with Gasteiger partial charge in [-0.1, -0.05) is 59.1 Å². The van der Waals surface area contributed by atoms with Crippen molar-refractivity contribution in [2.45, 2.75) is 19.7 Å².